The Kier molecular flexibility index (Phi) is 9.80. The molecule has 1 saturated heterocycles. The van der Waals surface area contributed by atoms with Crippen LogP contribution < -0.4 is 4.72 Å². The highest BCUT2D eigenvalue weighted by atomic mass is 32.2. The number of sulfonamides is 1. The second-order valence-electron chi connectivity index (χ2n) is 11.7. The van der Waals surface area contributed by atoms with Crippen LogP contribution in [-0.4, -0.2) is 50.6 Å². The molecule has 2 N–H and O–H groups in total. The van der Waals surface area contributed by atoms with E-state index in [1.807, 2.05) is 78.9 Å². The minimum Gasteiger partial charge on any atom is -0.392 e. The van der Waals surface area contributed by atoms with Crippen molar-refractivity contribution in [3.63, 3.8) is 0 Å². The topological polar surface area (TPSA) is 141 Å². The Labute approximate surface area is 288 Å². The number of nitrogens with zero attached hydrogens (tertiary/aromatic N) is 5. The number of tetrazole rings is 1. The van der Waals surface area contributed by atoms with E-state index < -0.39 is 16.3 Å². The number of hydrogen-bond acceptors (Lipinski definition) is 10. The summed E-state index contributed by atoms with van der Waals surface area (Å²) < 4.78 is 44.4. The van der Waals surface area contributed by atoms with Crippen molar-refractivity contribution >= 4 is 32.7 Å². The van der Waals surface area contributed by atoms with Crippen molar-refractivity contribution in [3.05, 3.63) is 143 Å². The Hall–Kier alpha value is -4.50. The van der Waals surface area contributed by atoms with Gasteiger partial charge in [-0.3, -0.25) is 4.98 Å². The minimum atomic E-state index is -3.82. The van der Waals surface area contributed by atoms with Crippen molar-refractivity contribution in [2.24, 2.45) is 7.05 Å². The molecular weight excluding hydrogens is 661 g/mol. The van der Waals surface area contributed by atoms with Crippen LogP contribution in [-0.2, 0) is 39.7 Å². The Balaban J connectivity index is 1.15. The normalized spacial score (nSPS) is 19.6. The fraction of sp³-hybridized carbons (Fsp3) is 0.222. The van der Waals surface area contributed by atoms with Gasteiger partial charge in [0.25, 0.3) is 0 Å². The molecule has 2 aromatic heterocycles. The second-order valence-corrected chi connectivity index (χ2v) is 14.4. The van der Waals surface area contributed by atoms with Gasteiger partial charge < -0.3 is 14.6 Å². The molecule has 4 aromatic carbocycles. The second kappa shape index (κ2) is 14.5. The van der Waals surface area contributed by atoms with Crippen molar-refractivity contribution in [1.82, 2.24) is 29.9 Å². The average molecular weight is 695 g/mol. The molecule has 0 aliphatic carbocycles. The predicted octanol–water partition coefficient (Wildman–Crippen LogP) is 5.46. The van der Waals surface area contributed by atoms with Gasteiger partial charge in [-0.25, -0.2) is 17.8 Å². The Morgan fingerprint density at radius 1 is 0.837 bits per heavy atom. The Bertz CT molecular complexity index is 2120. The first-order valence-corrected chi connectivity index (χ1v) is 18.2. The molecule has 1 unspecified atom stereocenters. The summed E-state index contributed by atoms with van der Waals surface area (Å²) in [6.45, 7) is 0.0467. The molecule has 1 aliphatic rings. The predicted molar refractivity (Wildman–Crippen MR) is 185 cm³/mol. The Morgan fingerprint density at radius 2 is 1.57 bits per heavy atom. The number of aromatic nitrogens is 5. The molecule has 7 rings (SSSR count). The van der Waals surface area contributed by atoms with Gasteiger partial charge in [-0.2, -0.15) is 0 Å². The highest BCUT2D eigenvalue weighted by molar-refractivity contribution is 7.99. The van der Waals surface area contributed by atoms with E-state index in [0.717, 1.165) is 33.2 Å². The Morgan fingerprint density at radius 3 is 2.31 bits per heavy atom. The average Bonchev–Trinajstić information content (AvgIpc) is 3.57. The fourth-order valence-electron chi connectivity index (χ4n) is 5.99. The van der Waals surface area contributed by atoms with Gasteiger partial charge in [0.05, 0.1) is 24.3 Å². The molecule has 49 heavy (non-hydrogen) atoms. The van der Waals surface area contributed by atoms with Crippen LogP contribution in [0.2, 0.25) is 0 Å². The van der Waals surface area contributed by atoms with Crippen LogP contribution in [0.25, 0.3) is 10.9 Å². The summed E-state index contributed by atoms with van der Waals surface area (Å²) in [5.41, 5.74) is 4.84. The van der Waals surface area contributed by atoms with Crippen LogP contribution in [0.1, 0.15) is 46.1 Å². The zero-order valence-corrected chi connectivity index (χ0v) is 28.2. The molecular formula is C36H34N6O5S2. The molecule has 0 spiro atoms. The summed E-state index contributed by atoms with van der Waals surface area (Å²) in [6, 6.07) is 34.2. The number of para-hydroxylation sites is 1. The number of rotatable bonds is 11. The fourth-order valence-corrected chi connectivity index (χ4v) is 8.11. The van der Waals surface area contributed by atoms with Crippen molar-refractivity contribution in [2.45, 2.75) is 47.6 Å². The van der Waals surface area contributed by atoms with E-state index in [9.17, 15) is 13.5 Å². The monoisotopic (exact) mass is 694 g/mol. The van der Waals surface area contributed by atoms with Crippen molar-refractivity contribution < 1.29 is 23.0 Å². The summed E-state index contributed by atoms with van der Waals surface area (Å²) >= 11 is 1.51. The number of benzene rings is 4. The SMILES string of the molecule is Cn1nnnc1SC[C@H]1OC(c2ccc(CNS(=O)(=O)c3cccc4cccnc34)cc2)O[C@@H](c2ccc(CO)cc2)[C@@H]1c1ccccc1. The van der Waals surface area contributed by atoms with Crippen LogP contribution in [0.15, 0.2) is 125 Å². The minimum absolute atomic E-state index is 0.0496. The molecule has 250 valence electrons. The molecule has 1 aliphatic heterocycles. The standard InChI is InChI=1S/C36H34N6O5S2/c1-42-36(39-40-41-42)48-23-30-32(26-7-3-2-4-8-26)34(28-16-14-25(22-43)15-17-28)47-35(46-30)29-18-12-24(13-19-29)21-38-49(44,45)31-11-5-9-27-10-6-20-37-33(27)31/h2-20,30,32,34-35,38,43H,21-23H2,1H3/t30-,32-,34+,35?/m1/s1. The number of aryl methyl sites for hydroxylation is 1. The van der Waals surface area contributed by atoms with E-state index in [0.29, 0.717) is 16.4 Å². The smallest absolute Gasteiger partial charge is 0.243 e. The third kappa shape index (κ3) is 7.27. The lowest BCUT2D eigenvalue weighted by atomic mass is 9.84. The van der Waals surface area contributed by atoms with Crippen LogP contribution in [0, 0.1) is 0 Å². The van der Waals surface area contributed by atoms with Gasteiger partial charge in [-0.1, -0.05) is 109 Å². The summed E-state index contributed by atoms with van der Waals surface area (Å²) in [5.74, 6) is 0.394. The zero-order chi connectivity index (χ0) is 33.8. The zero-order valence-electron chi connectivity index (χ0n) is 26.5. The molecule has 13 heteroatoms. The van der Waals surface area contributed by atoms with E-state index in [1.54, 1.807) is 36.1 Å². The summed E-state index contributed by atoms with van der Waals surface area (Å²) in [6.07, 6.45) is 0.199. The van der Waals surface area contributed by atoms with E-state index >= 15 is 0 Å². The van der Waals surface area contributed by atoms with Gasteiger partial charge in [-0.05, 0) is 44.8 Å². The third-order valence-corrected chi connectivity index (χ3v) is 11.1. The maximum Gasteiger partial charge on any atom is 0.243 e. The molecule has 0 saturated carbocycles. The van der Waals surface area contributed by atoms with Crippen LogP contribution >= 0.6 is 11.8 Å². The molecule has 6 aromatic rings. The molecule has 3 heterocycles. The lowest BCUT2D eigenvalue weighted by Crippen LogP contribution is -2.38. The molecule has 0 radical (unpaired) electrons. The third-order valence-electron chi connectivity index (χ3n) is 8.53. The lowest BCUT2D eigenvalue weighted by Gasteiger charge is -2.43. The molecule has 0 amide bonds. The number of fused-ring (bicyclic) bond motifs is 1. The number of ether oxygens (including phenoxy) is 2. The number of aliphatic hydroxyl groups is 1. The number of thioether (sulfide) groups is 1. The van der Waals surface area contributed by atoms with Gasteiger partial charge in [0.15, 0.2) is 6.29 Å². The molecule has 4 atom stereocenters. The van der Waals surface area contributed by atoms with Crippen molar-refractivity contribution in [3.8, 4) is 0 Å². The molecule has 1 fully saturated rings. The van der Waals surface area contributed by atoms with Gasteiger partial charge in [0, 0.05) is 42.4 Å². The maximum absolute atomic E-state index is 13.3. The highest BCUT2D eigenvalue weighted by Crippen LogP contribution is 2.48. The highest BCUT2D eigenvalue weighted by Gasteiger charge is 2.42. The van der Waals surface area contributed by atoms with Crippen LogP contribution in [0.5, 0.6) is 0 Å². The van der Waals surface area contributed by atoms with Gasteiger partial charge in [-0.15, -0.1) is 5.10 Å². The molecule has 0 bridgehead atoms. The quantitative estimate of drug-likeness (QED) is 0.168. The van der Waals surface area contributed by atoms with E-state index in [4.69, 9.17) is 9.47 Å². The molecule has 11 nitrogen and oxygen atoms in total. The van der Waals surface area contributed by atoms with E-state index in [2.05, 4.69) is 37.4 Å². The van der Waals surface area contributed by atoms with E-state index in [-0.39, 0.29) is 36.2 Å². The lowest BCUT2D eigenvalue weighted by molar-refractivity contribution is -0.255. The summed E-state index contributed by atoms with van der Waals surface area (Å²) in [4.78, 5) is 4.43. The van der Waals surface area contributed by atoms with E-state index in [1.165, 1.54) is 11.8 Å². The van der Waals surface area contributed by atoms with Gasteiger partial charge in [0.1, 0.15) is 4.90 Å². The van der Waals surface area contributed by atoms with Crippen LogP contribution in [0.4, 0.5) is 0 Å². The number of hydrogen-bond donors (Lipinski definition) is 2. The van der Waals surface area contributed by atoms with Crippen molar-refractivity contribution in [2.75, 3.05) is 5.75 Å². The first-order valence-electron chi connectivity index (χ1n) is 15.7. The number of aliphatic hydroxyl groups excluding tert-OH is 1. The van der Waals surface area contributed by atoms with Crippen LogP contribution in [0.3, 0.4) is 0 Å². The van der Waals surface area contributed by atoms with Gasteiger partial charge in [0.2, 0.25) is 15.2 Å². The summed E-state index contributed by atoms with van der Waals surface area (Å²) in [5, 5.41) is 23.0. The first-order chi connectivity index (χ1) is 23.9. The van der Waals surface area contributed by atoms with Crippen molar-refractivity contribution in [1.29, 1.82) is 0 Å². The van der Waals surface area contributed by atoms with Gasteiger partial charge >= 0.3 is 0 Å². The largest absolute Gasteiger partial charge is 0.392 e. The number of nitrogens with one attached hydrogen (secondary N) is 1. The number of pyridine rings is 1. The maximum atomic E-state index is 13.3. The first kappa shape index (κ1) is 33.0. The summed E-state index contributed by atoms with van der Waals surface area (Å²) in [7, 11) is -2.02.